The average Bonchev–Trinajstić information content (AvgIpc) is 3.41. The van der Waals surface area contributed by atoms with Gasteiger partial charge in [0.2, 0.25) is 5.91 Å². The molecule has 2 saturated heterocycles. The lowest BCUT2D eigenvalue weighted by atomic mass is 9.90. The Morgan fingerprint density at radius 1 is 0.926 bits per heavy atom. The van der Waals surface area contributed by atoms with Crippen LogP contribution in [0.15, 0.2) is 72.2 Å². The number of thiazole rings is 1. The first-order valence-corrected chi connectivity index (χ1v) is 9.47. The van der Waals surface area contributed by atoms with Gasteiger partial charge in [0.15, 0.2) is 11.2 Å². The second-order valence-corrected chi connectivity index (χ2v) is 7.27. The fraction of sp³-hybridized carbons (Fsp3) is 0.150. The first-order chi connectivity index (χ1) is 13.3. The number of fused-ring (bicyclic) bond motifs is 1. The minimum atomic E-state index is -0.855. The number of hydrogen-bond acceptors (Lipinski definition) is 6. The van der Waals surface area contributed by atoms with Gasteiger partial charge in [-0.25, -0.2) is 14.9 Å². The van der Waals surface area contributed by atoms with Crippen LogP contribution in [0, 0.1) is 5.92 Å². The highest BCUT2D eigenvalue weighted by atomic mass is 32.1. The van der Waals surface area contributed by atoms with Crippen LogP contribution in [0.1, 0.15) is 11.6 Å². The Labute approximate surface area is 159 Å². The maximum atomic E-state index is 13.2. The first-order valence-electron chi connectivity index (χ1n) is 8.59. The molecule has 27 heavy (non-hydrogen) atoms. The lowest BCUT2D eigenvalue weighted by molar-refractivity contribution is -0.126. The van der Waals surface area contributed by atoms with Gasteiger partial charge in [0, 0.05) is 11.6 Å². The van der Waals surface area contributed by atoms with Crippen LogP contribution in [-0.2, 0) is 14.4 Å². The SMILES string of the molecule is O=C1C2ON(c3ccccc3)C(c3ccccc3)C2C(=O)N1c1nccs1. The third kappa shape index (κ3) is 2.47. The van der Waals surface area contributed by atoms with Crippen molar-refractivity contribution in [3.05, 3.63) is 77.8 Å². The molecule has 7 heteroatoms. The van der Waals surface area contributed by atoms with Gasteiger partial charge in [-0.3, -0.25) is 14.4 Å². The summed E-state index contributed by atoms with van der Waals surface area (Å²) in [6.07, 6.45) is 0.729. The maximum Gasteiger partial charge on any atom is 0.268 e. The highest BCUT2D eigenvalue weighted by Gasteiger charge is 2.60. The van der Waals surface area contributed by atoms with E-state index >= 15 is 0 Å². The number of benzene rings is 2. The highest BCUT2D eigenvalue weighted by Crippen LogP contribution is 2.47. The lowest BCUT2D eigenvalue weighted by Gasteiger charge is -2.28. The molecule has 2 aromatic carbocycles. The lowest BCUT2D eigenvalue weighted by Crippen LogP contribution is -2.37. The van der Waals surface area contributed by atoms with Crippen molar-refractivity contribution in [2.75, 3.05) is 9.96 Å². The first kappa shape index (κ1) is 16.2. The molecule has 0 radical (unpaired) electrons. The molecule has 3 atom stereocenters. The molecule has 1 aromatic heterocycles. The quantitative estimate of drug-likeness (QED) is 0.656. The molecule has 0 bridgehead atoms. The molecule has 0 spiro atoms. The minimum absolute atomic E-state index is 0.271. The van der Waals surface area contributed by atoms with E-state index in [-0.39, 0.29) is 17.9 Å². The Kier molecular flexibility index (Phi) is 3.77. The molecule has 3 heterocycles. The average molecular weight is 377 g/mol. The number of para-hydroxylation sites is 1. The summed E-state index contributed by atoms with van der Waals surface area (Å²) in [7, 11) is 0. The zero-order valence-electron chi connectivity index (χ0n) is 14.1. The van der Waals surface area contributed by atoms with Crippen LogP contribution in [0.4, 0.5) is 10.8 Å². The highest BCUT2D eigenvalue weighted by molar-refractivity contribution is 7.14. The number of amides is 2. The van der Waals surface area contributed by atoms with Gasteiger partial charge in [0.05, 0.1) is 11.7 Å². The van der Waals surface area contributed by atoms with Crippen molar-refractivity contribution in [1.29, 1.82) is 0 Å². The molecular weight excluding hydrogens is 362 g/mol. The Balaban J connectivity index is 1.60. The van der Waals surface area contributed by atoms with E-state index in [1.165, 1.54) is 11.3 Å². The van der Waals surface area contributed by atoms with Gasteiger partial charge in [0.1, 0.15) is 5.92 Å². The molecule has 0 N–H and O–H groups in total. The Bertz CT molecular complexity index is 978. The molecule has 2 aliphatic heterocycles. The second kappa shape index (κ2) is 6.29. The van der Waals surface area contributed by atoms with Crippen molar-refractivity contribution < 1.29 is 14.4 Å². The van der Waals surface area contributed by atoms with E-state index in [9.17, 15) is 9.59 Å². The summed E-state index contributed by atoms with van der Waals surface area (Å²) in [4.78, 5) is 37.5. The molecular formula is C20H15N3O3S. The summed E-state index contributed by atoms with van der Waals surface area (Å²) in [6, 6.07) is 18.8. The topological polar surface area (TPSA) is 62.7 Å². The predicted octanol–water partition coefficient (Wildman–Crippen LogP) is 3.19. The third-order valence-corrected chi connectivity index (χ3v) is 5.63. The van der Waals surface area contributed by atoms with Crippen LogP contribution in [0.5, 0.6) is 0 Å². The molecule has 5 rings (SSSR count). The molecule has 3 unspecified atom stereocenters. The molecule has 2 fully saturated rings. The van der Waals surface area contributed by atoms with Gasteiger partial charge in [-0.2, -0.15) is 0 Å². The standard InChI is InChI=1S/C20H15N3O3S/c24-18-15-16(13-7-3-1-4-8-13)23(14-9-5-2-6-10-14)26-17(15)19(25)22(18)20-21-11-12-27-20/h1-12,15-17H. The fourth-order valence-electron chi connectivity index (χ4n) is 3.72. The second-order valence-electron chi connectivity index (χ2n) is 6.40. The van der Waals surface area contributed by atoms with Crippen molar-refractivity contribution in [2.24, 2.45) is 5.92 Å². The van der Waals surface area contributed by atoms with Crippen LogP contribution in [0.25, 0.3) is 0 Å². The summed E-state index contributed by atoms with van der Waals surface area (Å²) < 4.78 is 0. The summed E-state index contributed by atoms with van der Waals surface area (Å²) in [5, 5.41) is 3.83. The summed E-state index contributed by atoms with van der Waals surface area (Å²) in [6.45, 7) is 0. The van der Waals surface area contributed by atoms with Crippen molar-refractivity contribution >= 4 is 34.0 Å². The largest absolute Gasteiger partial charge is 0.273 e. The smallest absolute Gasteiger partial charge is 0.268 e. The van der Waals surface area contributed by atoms with Crippen LogP contribution < -0.4 is 9.96 Å². The number of hydrogen-bond donors (Lipinski definition) is 0. The van der Waals surface area contributed by atoms with E-state index in [2.05, 4.69) is 4.98 Å². The zero-order chi connectivity index (χ0) is 18.4. The van der Waals surface area contributed by atoms with Gasteiger partial charge < -0.3 is 0 Å². The van der Waals surface area contributed by atoms with Gasteiger partial charge in [-0.15, -0.1) is 11.3 Å². The molecule has 0 aliphatic carbocycles. The van der Waals surface area contributed by atoms with Crippen LogP contribution >= 0.6 is 11.3 Å². The van der Waals surface area contributed by atoms with Gasteiger partial charge >= 0.3 is 0 Å². The van der Waals surface area contributed by atoms with Crippen LogP contribution in [0.3, 0.4) is 0 Å². The molecule has 2 amide bonds. The number of hydroxylamine groups is 1. The summed E-state index contributed by atoms with van der Waals surface area (Å²) >= 11 is 1.26. The Morgan fingerprint density at radius 2 is 1.63 bits per heavy atom. The van der Waals surface area contributed by atoms with Gasteiger partial charge in [-0.05, 0) is 17.7 Å². The van der Waals surface area contributed by atoms with E-state index in [4.69, 9.17) is 4.84 Å². The van der Waals surface area contributed by atoms with Gasteiger partial charge in [0.25, 0.3) is 5.91 Å². The van der Waals surface area contributed by atoms with E-state index in [0.29, 0.717) is 5.13 Å². The molecule has 0 saturated carbocycles. The van der Waals surface area contributed by atoms with Crippen LogP contribution in [-0.4, -0.2) is 22.9 Å². The molecule has 134 valence electrons. The number of aromatic nitrogens is 1. The molecule has 3 aromatic rings. The normalized spacial score (nSPS) is 24.5. The predicted molar refractivity (Wildman–Crippen MR) is 101 cm³/mol. The number of rotatable bonds is 3. The summed E-state index contributed by atoms with van der Waals surface area (Å²) in [5.41, 5.74) is 1.73. The van der Waals surface area contributed by atoms with E-state index in [1.54, 1.807) is 16.6 Å². The van der Waals surface area contributed by atoms with Crippen molar-refractivity contribution in [3.63, 3.8) is 0 Å². The molecule has 6 nitrogen and oxygen atoms in total. The monoisotopic (exact) mass is 377 g/mol. The van der Waals surface area contributed by atoms with Crippen molar-refractivity contribution in [1.82, 2.24) is 4.98 Å². The summed E-state index contributed by atoms with van der Waals surface area (Å²) in [5.74, 6) is -1.25. The van der Waals surface area contributed by atoms with E-state index in [0.717, 1.165) is 16.2 Å². The number of anilines is 2. The zero-order valence-corrected chi connectivity index (χ0v) is 15.0. The maximum absolute atomic E-state index is 13.2. The number of nitrogens with zero attached hydrogens (tertiary/aromatic N) is 3. The van der Waals surface area contributed by atoms with Crippen molar-refractivity contribution in [3.8, 4) is 0 Å². The Morgan fingerprint density at radius 3 is 2.30 bits per heavy atom. The number of carbonyl (C=O) groups excluding carboxylic acids is 2. The van der Waals surface area contributed by atoms with Gasteiger partial charge in [-0.1, -0.05) is 48.5 Å². The number of imide groups is 1. The minimum Gasteiger partial charge on any atom is -0.273 e. The van der Waals surface area contributed by atoms with Crippen LogP contribution in [0.2, 0.25) is 0 Å². The fourth-order valence-corrected chi connectivity index (χ4v) is 4.37. The molecule has 2 aliphatic rings. The van der Waals surface area contributed by atoms with Crippen molar-refractivity contribution in [2.45, 2.75) is 12.1 Å². The Hall–Kier alpha value is -3.03. The van der Waals surface area contributed by atoms with E-state index < -0.39 is 12.0 Å². The third-order valence-electron chi connectivity index (χ3n) is 4.88. The van der Waals surface area contributed by atoms with E-state index in [1.807, 2.05) is 60.7 Å². The number of carbonyl (C=O) groups is 2.